The number of benzene rings is 1. The zero-order valence-electron chi connectivity index (χ0n) is 11.7. The van der Waals surface area contributed by atoms with Crippen LogP contribution in [-0.2, 0) is 7.05 Å². The molecule has 0 aliphatic rings. The third-order valence-electron chi connectivity index (χ3n) is 3.47. The van der Waals surface area contributed by atoms with Gasteiger partial charge >= 0.3 is 0 Å². The highest BCUT2D eigenvalue weighted by Crippen LogP contribution is 2.27. The minimum absolute atomic E-state index is 0.157. The molecule has 0 saturated carbocycles. The highest BCUT2D eigenvalue weighted by atomic mass is 35.5. The molecule has 0 spiro atoms. The van der Waals surface area contributed by atoms with E-state index in [2.05, 4.69) is 5.10 Å². The Morgan fingerprint density at radius 3 is 2.65 bits per heavy atom. The van der Waals surface area contributed by atoms with Crippen LogP contribution in [0.3, 0.4) is 0 Å². The molecule has 0 radical (unpaired) electrons. The van der Waals surface area contributed by atoms with Crippen LogP contribution in [0.2, 0.25) is 5.02 Å². The summed E-state index contributed by atoms with van der Waals surface area (Å²) in [6, 6.07) is 7.32. The maximum atomic E-state index is 12.5. The van der Waals surface area contributed by atoms with Crippen molar-refractivity contribution in [3.05, 3.63) is 46.6 Å². The van der Waals surface area contributed by atoms with Crippen LogP contribution >= 0.6 is 11.6 Å². The minimum Gasteiger partial charge on any atom is -0.383 e. The number of hydrogen-bond donors (Lipinski definition) is 1. The molecule has 0 saturated heterocycles. The molecule has 0 aliphatic heterocycles. The topological polar surface area (TPSA) is 64.2 Å². The third kappa shape index (κ3) is 2.49. The molecule has 0 fully saturated rings. The Morgan fingerprint density at radius 1 is 1.45 bits per heavy atom. The van der Waals surface area contributed by atoms with Crippen LogP contribution in [0.5, 0.6) is 0 Å². The van der Waals surface area contributed by atoms with Gasteiger partial charge in [0.05, 0.1) is 12.2 Å². The van der Waals surface area contributed by atoms with Crippen molar-refractivity contribution in [2.24, 2.45) is 7.05 Å². The van der Waals surface area contributed by atoms with Crippen LogP contribution in [0.1, 0.15) is 28.9 Å². The summed E-state index contributed by atoms with van der Waals surface area (Å²) in [6.07, 6.45) is 1.48. The Hall–Kier alpha value is -2.01. The molecule has 2 N–H and O–H groups in total. The van der Waals surface area contributed by atoms with Crippen molar-refractivity contribution < 1.29 is 4.79 Å². The van der Waals surface area contributed by atoms with Gasteiger partial charge in [-0.25, -0.2) is 0 Å². The molecule has 1 heterocycles. The van der Waals surface area contributed by atoms with Crippen LogP contribution < -0.4 is 5.73 Å². The Bertz CT molecular complexity index is 638. The zero-order chi connectivity index (χ0) is 14.9. The van der Waals surface area contributed by atoms with Crippen molar-refractivity contribution in [2.45, 2.75) is 13.0 Å². The lowest BCUT2D eigenvalue weighted by Crippen LogP contribution is -2.30. The number of aromatic nitrogens is 2. The summed E-state index contributed by atoms with van der Waals surface area (Å²) < 4.78 is 1.47. The fourth-order valence-electron chi connectivity index (χ4n) is 2.00. The number of halogens is 1. The lowest BCUT2D eigenvalue weighted by molar-refractivity contribution is 0.0744. The summed E-state index contributed by atoms with van der Waals surface area (Å²) in [5.74, 6) is 0.177. The van der Waals surface area contributed by atoms with Crippen molar-refractivity contribution in [3.63, 3.8) is 0 Å². The molecule has 6 heteroatoms. The summed E-state index contributed by atoms with van der Waals surface area (Å²) in [4.78, 5) is 14.1. The second-order valence-electron chi connectivity index (χ2n) is 4.68. The van der Waals surface area contributed by atoms with E-state index in [0.717, 1.165) is 5.56 Å². The second-order valence-corrected chi connectivity index (χ2v) is 5.09. The summed E-state index contributed by atoms with van der Waals surface area (Å²) in [5, 5.41) is 4.63. The number of rotatable bonds is 3. The first-order valence-electron chi connectivity index (χ1n) is 6.22. The van der Waals surface area contributed by atoms with Crippen LogP contribution in [0.4, 0.5) is 5.82 Å². The maximum Gasteiger partial charge on any atom is 0.259 e. The number of anilines is 1. The number of amides is 1. The number of nitrogens with two attached hydrogens (primary N) is 1. The molecule has 0 bridgehead atoms. The number of nitrogens with zero attached hydrogens (tertiary/aromatic N) is 3. The van der Waals surface area contributed by atoms with Gasteiger partial charge in [0.25, 0.3) is 5.91 Å². The fraction of sp³-hybridized carbons (Fsp3) is 0.286. The first kappa shape index (κ1) is 14.4. The van der Waals surface area contributed by atoms with E-state index < -0.39 is 0 Å². The van der Waals surface area contributed by atoms with Crippen LogP contribution in [0.25, 0.3) is 0 Å². The highest BCUT2D eigenvalue weighted by molar-refractivity contribution is 6.31. The highest BCUT2D eigenvalue weighted by Gasteiger charge is 2.23. The van der Waals surface area contributed by atoms with Gasteiger partial charge in [0.1, 0.15) is 11.4 Å². The minimum atomic E-state index is -0.178. The summed E-state index contributed by atoms with van der Waals surface area (Å²) in [5.41, 5.74) is 7.13. The average molecular weight is 293 g/mol. The molecule has 0 aliphatic carbocycles. The summed E-state index contributed by atoms with van der Waals surface area (Å²) in [7, 11) is 3.42. The van der Waals surface area contributed by atoms with Crippen molar-refractivity contribution >= 4 is 23.3 Å². The second kappa shape index (κ2) is 5.54. The van der Waals surface area contributed by atoms with Gasteiger partial charge in [0.15, 0.2) is 0 Å². The maximum absolute atomic E-state index is 12.5. The van der Waals surface area contributed by atoms with E-state index in [-0.39, 0.29) is 11.9 Å². The van der Waals surface area contributed by atoms with Crippen molar-refractivity contribution in [2.75, 3.05) is 12.8 Å². The molecule has 1 amide bonds. The van der Waals surface area contributed by atoms with E-state index >= 15 is 0 Å². The first-order chi connectivity index (χ1) is 9.43. The van der Waals surface area contributed by atoms with Crippen molar-refractivity contribution in [3.8, 4) is 0 Å². The Kier molecular flexibility index (Phi) is 3.99. The average Bonchev–Trinajstić information content (AvgIpc) is 2.77. The first-order valence-corrected chi connectivity index (χ1v) is 6.60. The van der Waals surface area contributed by atoms with E-state index in [0.29, 0.717) is 16.4 Å². The molecule has 1 atom stereocenters. The molecule has 106 valence electrons. The number of carbonyl (C=O) groups is 1. The smallest absolute Gasteiger partial charge is 0.259 e. The third-order valence-corrected chi connectivity index (χ3v) is 3.82. The molecule has 5 nitrogen and oxygen atoms in total. The van der Waals surface area contributed by atoms with E-state index in [4.69, 9.17) is 17.3 Å². The zero-order valence-corrected chi connectivity index (χ0v) is 12.4. The van der Waals surface area contributed by atoms with Gasteiger partial charge in [-0.1, -0.05) is 29.8 Å². The predicted molar refractivity (Wildman–Crippen MR) is 79.6 cm³/mol. The van der Waals surface area contributed by atoms with Gasteiger partial charge in [-0.05, 0) is 18.6 Å². The normalized spacial score (nSPS) is 12.2. The van der Waals surface area contributed by atoms with Gasteiger partial charge in [0.2, 0.25) is 0 Å². The Morgan fingerprint density at radius 2 is 2.10 bits per heavy atom. The molecular weight excluding hydrogens is 276 g/mol. The van der Waals surface area contributed by atoms with Crippen molar-refractivity contribution in [1.29, 1.82) is 0 Å². The lowest BCUT2D eigenvalue weighted by Gasteiger charge is -2.25. The monoisotopic (exact) mass is 292 g/mol. The number of carbonyl (C=O) groups excluding carboxylic acids is 1. The van der Waals surface area contributed by atoms with Crippen LogP contribution in [0, 0.1) is 0 Å². The van der Waals surface area contributed by atoms with Gasteiger partial charge in [0, 0.05) is 19.1 Å². The molecule has 1 unspecified atom stereocenters. The predicted octanol–water partition coefficient (Wildman–Crippen LogP) is 2.49. The number of hydrogen-bond acceptors (Lipinski definition) is 3. The van der Waals surface area contributed by atoms with Crippen molar-refractivity contribution in [1.82, 2.24) is 14.7 Å². The van der Waals surface area contributed by atoms with Gasteiger partial charge in [-0.15, -0.1) is 0 Å². The van der Waals surface area contributed by atoms with E-state index in [1.807, 2.05) is 31.2 Å². The molecule has 1 aromatic heterocycles. The van der Waals surface area contributed by atoms with Crippen LogP contribution in [0.15, 0.2) is 30.5 Å². The molecule has 2 rings (SSSR count). The standard InChI is InChI=1S/C14H17ClN4O/c1-9(10-6-4-5-7-12(10)15)18(2)14(20)11-8-17-19(3)13(11)16/h4-9H,16H2,1-3H3. The van der Waals surface area contributed by atoms with E-state index in [1.165, 1.54) is 10.9 Å². The van der Waals surface area contributed by atoms with Gasteiger partial charge < -0.3 is 10.6 Å². The lowest BCUT2D eigenvalue weighted by atomic mass is 10.1. The van der Waals surface area contributed by atoms with E-state index in [1.54, 1.807) is 19.0 Å². The van der Waals surface area contributed by atoms with Gasteiger partial charge in [-0.3, -0.25) is 9.48 Å². The Balaban J connectivity index is 2.27. The molecule has 20 heavy (non-hydrogen) atoms. The summed E-state index contributed by atoms with van der Waals surface area (Å²) in [6.45, 7) is 1.92. The van der Waals surface area contributed by atoms with Crippen LogP contribution in [-0.4, -0.2) is 27.6 Å². The van der Waals surface area contributed by atoms with Gasteiger partial charge in [-0.2, -0.15) is 5.10 Å². The largest absolute Gasteiger partial charge is 0.383 e. The fourth-order valence-corrected chi connectivity index (χ4v) is 2.29. The SMILES string of the molecule is CC(c1ccccc1Cl)N(C)C(=O)c1cnn(C)c1N. The number of aryl methyl sites for hydroxylation is 1. The van der Waals surface area contributed by atoms with E-state index in [9.17, 15) is 4.79 Å². The molecular formula is C14H17ClN4O. The number of nitrogen functional groups attached to an aromatic ring is 1. The Labute approximate surface area is 122 Å². The molecule has 2 aromatic rings. The molecule has 1 aromatic carbocycles. The summed E-state index contributed by atoms with van der Waals surface area (Å²) >= 11 is 6.17. The quantitative estimate of drug-likeness (QED) is 0.945.